The predicted molar refractivity (Wildman–Crippen MR) is 75.9 cm³/mol. The van der Waals surface area contributed by atoms with Gasteiger partial charge in [0, 0.05) is 19.6 Å². The summed E-state index contributed by atoms with van der Waals surface area (Å²) in [4.78, 5) is 2.31. The largest absolute Gasteiger partial charge is 0.326 e. The monoisotopic (exact) mass is 240 g/mol. The molecule has 18 heavy (non-hydrogen) atoms. The molecule has 94 valence electrons. The summed E-state index contributed by atoms with van der Waals surface area (Å²) in [6, 6.07) is 19.0. The number of nitrogens with two attached hydrogens (primary N) is 1. The van der Waals surface area contributed by atoms with Crippen molar-refractivity contribution in [2.75, 3.05) is 7.05 Å². The van der Waals surface area contributed by atoms with Crippen LogP contribution in [0.25, 0.3) is 0 Å². The van der Waals surface area contributed by atoms with E-state index in [0.717, 1.165) is 13.1 Å². The van der Waals surface area contributed by atoms with Gasteiger partial charge in [-0.15, -0.1) is 0 Å². The molecule has 2 nitrogen and oxygen atoms in total. The first-order valence-corrected chi connectivity index (χ1v) is 6.28. The van der Waals surface area contributed by atoms with Crippen molar-refractivity contribution in [1.82, 2.24) is 4.90 Å². The number of hydrogen-bond acceptors (Lipinski definition) is 2. The molecule has 2 N–H and O–H groups in total. The summed E-state index contributed by atoms with van der Waals surface area (Å²) in [5.41, 5.74) is 9.51. The molecular formula is C16H20N2. The smallest absolute Gasteiger partial charge is 0.0234 e. The van der Waals surface area contributed by atoms with Crippen LogP contribution in [0.4, 0.5) is 0 Å². The molecule has 0 aliphatic rings. The Hall–Kier alpha value is -1.64. The van der Waals surface area contributed by atoms with E-state index in [1.807, 2.05) is 6.07 Å². The van der Waals surface area contributed by atoms with Crippen molar-refractivity contribution in [3.05, 3.63) is 71.3 Å². The van der Waals surface area contributed by atoms with E-state index in [2.05, 4.69) is 60.5 Å². The van der Waals surface area contributed by atoms with Crippen molar-refractivity contribution in [3.8, 4) is 0 Å². The second-order valence-corrected chi connectivity index (χ2v) is 4.68. The molecule has 0 unspecified atom stereocenters. The molecule has 0 aromatic heterocycles. The van der Waals surface area contributed by atoms with Crippen LogP contribution >= 0.6 is 0 Å². The lowest BCUT2D eigenvalue weighted by molar-refractivity contribution is 0.319. The Labute approximate surface area is 109 Å². The summed E-state index contributed by atoms with van der Waals surface area (Å²) in [5.74, 6) is 0. The van der Waals surface area contributed by atoms with Crippen LogP contribution in [0.1, 0.15) is 16.7 Å². The quantitative estimate of drug-likeness (QED) is 0.870. The third-order valence-electron chi connectivity index (χ3n) is 2.97. The average Bonchev–Trinajstić information content (AvgIpc) is 2.40. The lowest BCUT2D eigenvalue weighted by Gasteiger charge is -2.17. The fourth-order valence-electron chi connectivity index (χ4n) is 2.12. The minimum atomic E-state index is 0.607. The van der Waals surface area contributed by atoms with Crippen LogP contribution in [-0.2, 0) is 19.6 Å². The summed E-state index contributed by atoms with van der Waals surface area (Å²) in [7, 11) is 2.14. The molecule has 2 rings (SSSR count). The van der Waals surface area contributed by atoms with Crippen LogP contribution in [0, 0.1) is 0 Å². The normalized spacial score (nSPS) is 10.8. The average molecular weight is 240 g/mol. The first-order valence-electron chi connectivity index (χ1n) is 6.28. The summed E-state index contributed by atoms with van der Waals surface area (Å²) < 4.78 is 0. The van der Waals surface area contributed by atoms with E-state index < -0.39 is 0 Å². The van der Waals surface area contributed by atoms with Crippen LogP contribution in [0.15, 0.2) is 54.6 Å². The zero-order chi connectivity index (χ0) is 12.8. The van der Waals surface area contributed by atoms with Gasteiger partial charge in [0.05, 0.1) is 0 Å². The highest BCUT2D eigenvalue weighted by Gasteiger charge is 2.02. The Morgan fingerprint density at radius 2 is 1.44 bits per heavy atom. The Balaban J connectivity index is 1.96. The molecule has 0 saturated carbocycles. The molecule has 0 saturated heterocycles. The van der Waals surface area contributed by atoms with Gasteiger partial charge in [-0.2, -0.15) is 0 Å². The van der Waals surface area contributed by atoms with Crippen molar-refractivity contribution in [2.24, 2.45) is 5.73 Å². The van der Waals surface area contributed by atoms with Crippen molar-refractivity contribution in [3.63, 3.8) is 0 Å². The number of benzene rings is 2. The Morgan fingerprint density at radius 1 is 0.833 bits per heavy atom. The molecule has 0 aliphatic heterocycles. The highest BCUT2D eigenvalue weighted by Crippen LogP contribution is 2.10. The van der Waals surface area contributed by atoms with Gasteiger partial charge in [-0.3, -0.25) is 4.90 Å². The van der Waals surface area contributed by atoms with E-state index in [0.29, 0.717) is 6.54 Å². The minimum Gasteiger partial charge on any atom is -0.326 e. The lowest BCUT2D eigenvalue weighted by atomic mass is 10.1. The van der Waals surface area contributed by atoms with E-state index >= 15 is 0 Å². The molecule has 0 bridgehead atoms. The van der Waals surface area contributed by atoms with Crippen LogP contribution in [0.5, 0.6) is 0 Å². The van der Waals surface area contributed by atoms with E-state index in [-0.39, 0.29) is 0 Å². The maximum Gasteiger partial charge on any atom is 0.0234 e. The second kappa shape index (κ2) is 6.34. The molecule has 2 aromatic carbocycles. The van der Waals surface area contributed by atoms with Crippen molar-refractivity contribution in [2.45, 2.75) is 19.6 Å². The van der Waals surface area contributed by atoms with E-state index in [1.54, 1.807) is 0 Å². The lowest BCUT2D eigenvalue weighted by Crippen LogP contribution is -2.17. The summed E-state index contributed by atoms with van der Waals surface area (Å²) in [5, 5.41) is 0. The molecule has 0 radical (unpaired) electrons. The SMILES string of the molecule is CN(Cc1ccccc1)Cc1cccc(CN)c1. The maximum absolute atomic E-state index is 5.66. The minimum absolute atomic E-state index is 0.607. The Bertz CT molecular complexity index is 479. The molecule has 2 heteroatoms. The zero-order valence-corrected chi connectivity index (χ0v) is 10.8. The van der Waals surface area contributed by atoms with Crippen molar-refractivity contribution >= 4 is 0 Å². The molecule has 2 aromatic rings. The Morgan fingerprint density at radius 3 is 2.17 bits per heavy atom. The van der Waals surface area contributed by atoms with Gasteiger partial charge in [-0.05, 0) is 23.7 Å². The Kier molecular flexibility index (Phi) is 4.51. The van der Waals surface area contributed by atoms with Gasteiger partial charge in [-0.25, -0.2) is 0 Å². The van der Waals surface area contributed by atoms with Gasteiger partial charge in [0.2, 0.25) is 0 Å². The fourth-order valence-corrected chi connectivity index (χ4v) is 2.12. The van der Waals surface area contributed by atoms with Crippen LogP contribution < -0.4 is 5.73 Å². The van der Waals surface area contributed by atoms with E-state index in [9.17, 15) is 0 Å². The highest BCUT2D eigenvalue weighted by atomic mass is 15.1. The fraction of sp³-hybridized carbons (Fsp3) is 0.250. The van der Waals surface area contributed by atoms with Crippen LogP contribution in [-0.4, -0.2) is 11.9 Å². The van der Waals surface area contributed by atoms with E-state index in [1.165, 1.54) is 16.7 Å². The third-order valence-corrected chi connectivity index (χ3v) is 2.97. The van der Waals surface area contributed by atoms with Gasteiger partial charge in [0.25, 0.3) is 0 Å². The summed E-state index contributed by atoms with van der Waals surface area (Å²) >= 11 is 0. The molecule has 0 spiro atoms. The van der Waals surface area contributed by atoms with E-state index in [4.69, 9.17) is 5.73 Å². The molecule has 0 amide bonds. The first-order chi connectivity index (χ1) is 8.78. The zero-order valence-electron chi connectivity index (χ0n) is 10.8. The first kappa shape index (κ1) is 12.8. The van der Waals surface area contributed by atoms with Gasteiger partial charge >= 0.3 is 0 Å². The molecule has 0 heterocycles. The van der Waals surface area contributed by atoms with Gasteiger partial charge in [-0.1, -0.05) is 54.6 Å². The molecule has 0 aliphatic carbocycles. The van der Waals surface area contributed by atoms with Crippen LogP contribution in [0.2, 0.25) is 0 Å². The number of hydrogen-bond donors (Lipinski definition) is 1. The topological polar surface area (TPSA) is 29.3 Å². The second-order valence-electron chi connectivity index (χ2n) is 4.68. The summed E-state index contributed by atoms with van der Waals surface area (Å²) in [6.45, 7) is 2.52. The number of nitrogens with zero attached hydrogens (tertiary/aromatic N) is 1. The number of rotatable bonds is 5. The predicted octanol–water partition coefficient (Wildman–Crippen LogP) is 2.78. The van der Waals surface area contributed by atoms with Crippen molar-refractivity contribution < 1.29 is 0 Å². The maximum atomic E-state index is 5.66. The highest BCUT2D eigenvalue weighted by molar-refractivity contribution is 5.23. The van der Waals surface area contributed by atoms with Crippen molar-refractivity contribution in [1.29, 1.82) is 0 Å². The summed E-state index contributed by atoms with van der Waals surface area (Å²) in [6.07, 6.45) is 0. The van der Waals surface area contributed by atoms with Crippen LogP contribution in [0.3, 0.4) is 0 Å². The molecule has 0 atom stereocenters. The molecular weight excluding hydrogens is 220 g/mol. The molecule has 0 fully saturated rings. The third kappa shape index (κ3) is 3.69. The standard InChI is InChI=1S/C16H20N2/c1-18(12-14-6-3-2-4-7-14)13-16-9-5-8-15(10-16)11-17/h2-10H,11-13,17H2,1H3. The van der Waals surface area contributed by atoms with Gasteiger partial charge in [0.1, 0.15) is 0 Å². The van der Waals surface area contributed by atoms with Gasteiger partial charge < -0.3 is 5.73 Å². The van der Waals surface area contributed by atoms with Gasteiger partial charge in [0.15, 0.2) is 0 Å².